The highest BCUT2D eigenvalue weighted by Gasteiger charge is 2.36. The second kappa shape index (κ2) is 11.8. The molecule has 2 heterocycles. The Bertz CT molecular complexity index is 1490. The van der Waals surface area contributed by atoms with Gasteiger partial charge < -0.3 is 14.8 Å². The Morgan fingerprint density at radius 1 is 1.13 bits per heavy atom. The summed E-state index contributed by atoms with van der Waals surface area (Å²) >= 11 is 0.742. The molecular formula is C27H24N4O7S. The molecule has 0 unspecified atom stereocenters. The van der Waals surface area contributed by atoms with Crippen LogP contribution in [-0.4, -0.2) is 45.0 Å². The number of nitrogens with one attached hydrogen (secondary N) is 1. The van der Waals surface area contributed by atoms with Crippen molar-refractivity contribution in [1.82, 2.24) is 9.88 Å². The molecule has 1 saturated heterocycles. The van der Waals surface area contributed by atoms with Crippen LogP contribution in [0.1, 0.15) is 23.6 Å². The number of hydrogen-bond donors (Lipinski definition) is 1. The summed E-state index contributed by atoms with van der Waals surface area (Å²) in [7, 11) is 0. The van der Waals surface area contributed by atoms with E-state index in [0.29, 0.717) is 29.4 Å². The van der Waals surface area contributed by atoms with E-state index in [2.05, 4.69) is 10.3 Å². The van der Waals surface area contributed by atoms with Gasteiger partial charge in [-0.05, 0) is 73.5 Å². The Morgan fingerprint density at radius 2 is 1.92 bits per heavy atom. The smallest absolute Gasteiger partial charge is 0.294 e. The molecule has 12 heteroatoms. The highest BCUT2D eigenvalue weighted by Crippen LogP contribution is 2.36. The van der Waals surface area contributed by atoms with Gasteiger partial charge in [0.2, 0.25) is 11.8 Å². The van der Waals surface area contributed by atoms with Crippen LogP contribution in [0.4, 0.5) is 16.2 Å². The third kappa shape index (κ3) is 6.60. The molecule has 1 aliphatic heterocycles. The largest absolute Gasteiger partial charge is 0.490 e. The molecule has 1 aromatic heterocycles. The molecule has 4 rings (SSSR count). The molecule has 3 amide bonds. The lowest BCUT2D eigenvalue weighted by molar-refractivity contribution is -0.385. The maximum absolute atomic E-state index is 12.9. The van der Waals surface area contributed by atoms with Crippen LogP contribution in [0.25, 0.3) is 6.08 Å². The molecule has 0 radical (unpaired) electrons. The van der Waals surface area contributed by atoms with Gasteiger partial charge in [0.15, 0.2) is 11.5 Å². The fraction of sp³-hybridized carbons (Fsp3) is 0.185. The zero-order chi connectivity index (χ0) is 28.1. The fourth-order valence-electron chi connectivity index (χ4n) is 3.61. The van der Waals surface area contributed by atoms with E-state index in [-0.39, 0.29) is 16.5 Å². The highest BCUT2D eigenvalue weighted by atomic mass is 32.2. The number of carbonyl (C=O) groups is 3. The van der Waals surface area contributed by atoms with Crippen molar-refractivity contribution in [3.63, 3.8) is 0 Å². The number of aryl methyl sites for hydroxylation is 2. The van der Waals surface area contributed by atoms with Crippen LogP contribution < -0.4 is 14.8 Å². The van der Waals surface area contributed by atoms with Crippen LogP contribution in [0.3, 0.4) is 0 Å². The van der Waals surface area contributed by atoms with Gasteiger partial charge in [0, 0.05) is 17.8 Å². The van der Waals surface area contributed by atoms with Gasteiger partial charge in [-0.15, -0.1) is 0 Å². The number of nitrogens with zero attached hydrogens (tertiary/aromatic N) is 3. The lowest BCUT2D eigenvalue weighted by Crippen LogP contribution is -2.36. The van der Waals surface area contributed by atoms with Crippen molar-refractivity contribution < 1.29 is 28.8 Å². The number of benzene rings is 2. The minimum absolute atomic E-state index is 0.134. The second-order valence-corrected chi connectivity index (χ2v) is 9.48. The zero-order valence-corrected chi connectivity index (χ0v) is 22.1. The number of ether oxygens (including phenoxy) is 2. The topological polar surface area (TPSA) is 141 Å². The van der Waals surface area contributed by atoms with E-state index in [0.717, 1.165) is 34.0 Å². The van der Waals surface area contributed by atoms with Crippen molar-refractivity contribution in [1.29, 1.82) is 0 Å². The Kier molecular flexibility index (Phi) is 8.25. The maximum Gasteiger partial charge on any atom is 0.294 e. The summed E-state index contributed by atoms with van der Waals surface area (Å²) in [5, 5.41) is 13.0. The Hall–Kier alpha value is -4.71. The number of anilines is 1. The second-order valence-electron chi connectivity index (χ2n) is 8.49. The lowest BCUT2D eigenvalue weighted by Gasteiger charge is -2.14. The van der Waals surface area contributed by atoms with Crippen LogP contribution in [0, 0.1) is 24.0 Å². The van der Waals surface area contributed by atoms with Crippen molar-refractivity contribution in [2.45, 2.75) is 20.8 Å². The lowest BCUT2D eigenvalue weighted by atomic mass is 10.1. The molecule has 0 saturated carbocycles. The third-order valence-corrected chi connectivity index (χ3v) is 6.46. The molecule has 3 aromatic rings. The number of pyridine rings is 1. The molecular weight excluding hydrogens is 524 g/mol. The van der Waals surface area contributed by atoms with Crippen molar-refractivity contribution in [3.05, 3.63) is 86.4 Å². The fourth-order valence-corrected chi connectivity index (χ4v) is 4.45. The van der Waals surface area contributed by atoms with Crippen LogP contribution >= 0.6 is 11.8 Å². The average Bonchev–Trinajstić information content (AvgIpc) is 3.15. The van der Waals surface area contributed by atoms with Crippen molar-refractivity contribution in [2.24, 2.45) is 0 Å². The van der Waals surface area contributed by atoms with E-state index in [1.165, 1.54) is 18.2 Å². The molecule has 200 valence electrons. The molecule has 1 aliphatic rings. The first-order valence-electron chi connectivity index (χ1n) is 11.8. The van der Waals surface area contributed by atoms with Gasteiger partial charge in [-0.25, -0.2) is 4.98 Å². The van der Waals surface area contributed by atoms with Crippen LogP contribution in [0.2, 0.25) is 0 Å². The molecule has 0 spiro atoms. The predicted octanol–water partition coefficient (Wildman–Crippen LogP) is 5.47. The maximum atomic E-state index is 12.9. The molecule has 1 fully saturated rings. The summed E-state index contributed by atoms with van der Waals surface area (Å²) in [6, 6.07) is 13.2. The van der Waals surface area contributed by atoms with E-state index < -0.39 is 28.5 Å². The summed E-state index contributed by atoms with van der Waals surface area (Å²) in [6.45, 7) is 5.45. The Labute approximate surface area is 228 Å². The monoisotopic (exact) mass is 548 g/mol. The Morgan fingerprint density at radius 3 is 2.62 bits per heavy atom. The summed E-state index contributed by atoms with van der Waals surface area (Å²) in [5.41, 5.74) is 2.85. The van der Waals surface area contributed by atoms with Gasteiger partial charge in [0.05, 0.1) is 16.4 Å². The molecule has 39 heavy (non-hydrogen) atoms. The van der Waals surface area contributed by atoms with E-state index in [1.54, 1.807) is 25.1 Å². The first-order chi connectivity index (χ1) is 18.6. The standard InChI is InChI=1S/C27H24N4O7S/c1-4-37-22-12-18(7-9-21(22)38-25-10-8-19(14-28-25)31(35)36)13-23-26(33)30(27(34)39-23)15-24(32)29-20-11-16(2)5-6-17(20)3/h5-14H,4,15H2,1-3H3,(H,29,32)/b23-13-. The van der Waals surface area contributed by atoms with Crippen molar-refractivity contribution in [2.75, 3.05) is 18.5 Å². The molecule has 0 bridgehead atoms. The summed E-state index contributed by atoms with van der Waals surface area (Å²) in [5.74, 6) is -0.263. The molecule has 2 aromatic carbocycles. The summed E-state index contributed by atoms with van der Waals surface area (Å²) in [6.07, 6.45) is 2.62. The SMILES string of the molecule is CCOc1cc(/C=C2\SC(=O)N(CC(=O)Nc3cc(C)ccc3C)C2=O)ccc1Oc1ccc([N+](=O)[O-])cn1. The van der Waals surface area contributed by atoms with Crippen LogP contribution in [-0.2, 0) is 9.59 Å². The minimum atomic E-state index is -0.575. The highest BCUT2D eigenvalue weighted by molar-refractivity contribution is 8.18. The minimum Gasteiger partial charge on any atom is -0.490 e. The first kappa shape index (κ1) is 27.3. The van der Waals surface area contributed by atoms with Crippen LogP contribution in [0.5, 0.6) is 17.4 Å². The van der Waals surface area contributed by atoms with Crippen molar-refractivity contribution in [3.8, 4) is 17.4 Å². The van der Waals surface area contributed by atoms with Gasteiger partial charge in [0.1, 0.15) is 12.7 Å². The first-order valence-corrected chi connectivity index (χ1v) is 12.6. The molecule has 1 N–H and O–H groups in total. The van der Waals surface area contributed by atoms with Gasteiger partial charge in [-0.2, -0.15) is 0 Å². The van der Waals surface area contributed by atoms with E-state index in [1.807, 2.05) is 32.0 Å². The van der Waals surface area contributed by atoms with Crippen molar-refractivity contribution >= 4 is 46.3 Å². The predicted molar refractivity (Wildman–Crippen MR) is 146 cm³/mol. The zero-order valence-electron chi connectivity index (χ0n) is 21.3. The number of hydrogen-bond acceptors (Lipinski definition) is 9. The van der Waals surface area contributed by atoms with Gasteiger partial charge in [-0.3, -0.25) is 29.4 Å². The number of thioether (sulfide) groups is 1. The summed E-state index contributed by atoms with van der Waals surface area (Å²) < 4.78 is 11.4. The summed E-state index contributed by atoms with van der Waals surface area (Å²) in [4.78, 5) is 53.3. The van der Waals surface area contributed by atoms with E-state index in [4.69, 9.17) is 9.47 Å². The number of aromatic nitrogens is 1. The normalized spacial score (nSPS) is 14.0. The van der Waals surface area contributed by atoms with E-state index in [9.17, 15) is 24.5 Å². The number of imide groups is 1. The number of carbonyl (C=O) groups excluding carboxylic acids is 3. The average molecular weight is 549 g/mol. The molecule has 0 aliphatic carbocycles. The van der Waals surface area contributed by atoms with E-state index >= 15 is 0 Å². The Balaban J connectivity index is 1.48. The van der Waals surface area contributed by atoms with Gasteiger partial charge >= 0.3 is 0 Å². The molecule has 11 nitrogen and oxygen atoms in total. The molecule has 0 atom stereocenters. The third-order valence-electron chi connectivity index (χ3n) is 5.55. The number of nitro groups is 1. The van der Waals surface area contributed by atoms with Gasteiger partial charge in [-0.1, -0.05) is 18.2 Å². The van der Waals surface area contributed by atoms with Crippen LogP contribution in [0.15, 0.2) is 59.6 Å². The number of amides is 3. The number of rotatable bonds is 9. The van der Waals surface area contributed by atoms with Gasteiger partial charge in [0.25, 0.3) is 16.8 Å². The quantitative estimate of drug-likeness (QED) is 0.209.